The molecule has 1 saturated heterocycles. The third kappa shape index (κ3) is 5.02. The molecule has 1 aliphatic heterocycles. The summed E-state index contributed by atoms with van der Waals surface area (Å²) in [6, 6.07) is -0.869. The first-order valence-corrected chi connectivity index (χ1v) is 7.87. The van der Waals surface area contributed by atoms with Gasteiger partial charge in [0, 0.05) is 13.1 Å². The van der Waals surface area contributed by atoms with Gasteiger partial charge in [-0.2, -0.15) is 0 Å². The molecule has 1 heterocycles. The van der Waals surface area contributed by atoms with E-state index in [1.54, 1.807) is 0 Å². The van der Waals surface area contributed by atoms with Gasteiger partial charge in [-0.15, -0.1) is 0 Å². The summed E-state index contributed by atoms with van der Waals surface area (Å²) in [5.41, 5.74) is 0. The Balaban J connectivity index is 2.45. The van der Waals surface area contributed by atoms with Crippen molar-refractivity contribution >= 4 is 12.0 Å². The second kappa shape index (κ2) is 8.82. The van der Waals surface area contributed by atoms with Crippen molar-refractivity contribution in [3.05, 3.63) is 0 Å². The zero-order valence-electron chi connectivity index (χ0n) is 12.7. The van der Waals surface area contributed by atoms with Gasteiger partial charge in [0.2, 0.25) is 0 Å². The zero-order valence-corrected chi connectivity index (χ0v) is 12.7. The highest BCUT2D eigenvalue weighted by atomic mass is 16.4. The summed E-state index contributed by atoms with van der Waals surface area (Å²) in [7, 11) is 0. The minimum atomic E-state index is -0.891. The van der Waals surface area contributed by atoms with E-state index in [4.69, 9.17) is 0 Å². The number of carbonyl (C=O) groups excluding carboxylic acids is 1. The van der Waals surface area contributed by atoms with E-state index >= 15 is 0 Å². The Labute approximate surface area is 121 Å². The van der Waals surface area contributed by atoms with Crippen LogP contribution in [0.2, 0.25) is 0 Å². The topological polar surface area (TPSA) is 69.6 Å². The maximum absolute atomic E-state index is 12.2. The highest BCUT2D eigenvalue weighted by Crippen LogP contribution is 2.18. The molecule has 1 fully saturated rings. The van der Waals surface area contributed by atoms with E-state index in [0.717, 1.165) is 32.1 Å². The summed E-state index contributed by atoms with van der Waals surface area (Å²) < 4.78 is 0. The van der Waals surface area contributed by atoms with Gasteiger partial charge in [0.15, 0.2) is 0 Å². The Morgan fingerprint density at radius 2 is 2.10 bits per heavy atom. The summed E-state index contributed by atoms with van der Waals surface area (Å²) in [4.78, 5) is 24.8. The lowest BCUT2D eigenvalue weighted by atomic mass is 9.99. The van der Waals surface area contributed by atoms with Crippen LogP contribution in [-0.2, 0) is 4.79 Å². The van der Waals surface area contributed by atoms with Crippen LogP contribution in [0.4, 0.5) is 4.79 Å². The van der Waals surface area contributed by atoms with Crippen molar-refractivity contribution in [3.8, 4) is 0 Å². The van der Waals surface area contributed by atoms with Gasteiger partial charge in [-0.25, -0.2) is 9.59 Å². The summed E-state index contributed by atoms with van der Waals surface area (Å²) in [5, 5.41) is 12.1. The average molecular weight is 284 g/mol. The number of rotatable bonds is 7. The second-order valence-electron chi connectivity index (χ2n) is 5.65. The fourth-order valence-electron chi connectivity index (χ4n) is 2.71. The molecule has 0 spiro atoms. The van der Waals surface area contributed by atoms with Crippen LogP contribution in [-0.4, -0.2) is 41.1 Å². The van der Waals surface area contributed by atoms with Crippen molar-refractivity contribution in [1.29, 1.82) is 0 Å². The zero-order chi connectivity index (χ0) is 15.0. The molecule has 20 heavy (non-hydrogen) atoms. The van der Waals surface area contributed by atoms with Crippen LogP contribution in [0.25, 0.3) is 0 Å². The van der Waals surface area contributed by atoms with Gasteiger partial charge in [0.25, 0.3) is 0 Å². The average Bonchev–Trinajstić information content (AvgIpc) is 2.47. The van der Waals surface area contributed by atoms with Gasteiger partial charge < -0.3 is 15.3 Å². The maximum atomic E-state index is 12.2. The molecule has 0 aromatic heterocycles. The third-order valence-corrected chi connectivity index (χ3v) is 4.13. The molecule has 116 valence electrons. The molecule has 5 heteroatoms. The lowest BCUT2D eigenvalue weighted by Crippen LogP contribution is -2.52. The SMILES string of the molecule is CCCCC(CC)CNC(=O)N1CCCCC1C(=O)O. The first kappa shape index (κ1) is 16.8. The molecule has 1 rings (SSSR count). The van der Waals surface area contributed by atoms with E-state index in [-0.39, 0.29) is 6.03 Å². The molecule has 2 N–H and O–H groups in total. The molecule has 1 aliphatic rings. The Kier molecular flexibility index (Phi) is 7.41. The van der Waals surface area contributed by atoms with E-state index in [1.807, 2.05) is 0 Å². The summed E-state index contributed by atoms with van der Waals surface area (Å²) >= 11 is 0. The molecule has 0 aliphatic carbocycles. The molecule has 0 bridgehead atoms. The highest BCUT2D eigenvalue weighted by Gasteiger charge is 2.31. The van der Waals surface area contributed by atoms with Crippen LogP contribution in [0.1, 0.15) is 58.8 Å². The highest BCUT2D eigenvalue weighted by molar-refractivity contribution is 5.82. The Morgan fingerprint density at radius 1 is 1.35 bits per heavy atom. The molecule has 5 nitrogen and oxygen atoms in total. The van der Waals surface area contributed by atoms with Gasteiger partial charge in [0.05, 0.1) is 0 Å². The molecule has 0 aromatic carbocycles. The predicted octanol–water partition coefficient (Wildman–Crippen LogP) is 2.85. The number of urea groups is 1. The number of piperidine rings is 1. The first-order valence-electron chi connectivity index (χ1n) is 7.87. The molecule has 2 amide bonds. The van der Waals surface area contributed by atoms with Crippen molar-refractivity contribution in [2.24, 2.45) is 5.92 Å². The molecular weight excluding hydrogens is 256 g/mol. The van der Waals surface area contributed by atoms with E-state index in [2.05, 4.69) is 19.2 Å². The molecule has 0 saturated carbocycles. The van der Waals surface area contributed by atoms with Crippen LogP contribution in [0.3, 0.4) is 0 Å². The van der Waals surface area contributed by atoms with Crippen molar-refractivity contribution in [2.75, 3.05) is 13.1 Å². The van der Waals surface area contributed by atoms with Gasteiger partial charge in [-0.05, 0) is 31.6 Å². The Bertz CT molecular complexity index is 320. The van der Waals surface area contributed by atoms with Crippen LogP contribution in [0.15, 0.2) is 0 Å². The normalized spacial score (nSPS) is 20.5. The number of likely N-dealkylation sites (tertiary alicyclic amines) is 1. The van der Waals surface area contributed by atoms with Gasteiger partial charge in [0.1, 0.15) is 6.04 Å². The quantitative estimate of drug-likeness (QED) is 0.755. The predicted molar refractivity (Wildman–Crippen MR) is 78.7 cm³/mol. The van der Waals surface area contributed by atoms with Crippen molar-refractivity contribution in [3.63, 3.8) is 0 Å². The number of nitrogens with zero attached hydrogens (tertiary/aromatic N) is 1. The minimum Gasteiger partial charge on any atom is -0.480 e. The number of hydrogen-bond donors (Lipinski definition) is 2. The first-order chi connectivity index (χ1) is 9.60. The fraction of sp³-hybridized carbons (Fsp3) is 0.867. The van der Waals surface area contributed by atoms with Crippen LogP contribution in [0.5, 0.6) is 0 Å². The van der Waals surface area contributed by atoms with Crippen molar-refractivity contribution in [1.82, 2.24) is 10.2 Å². The number of hydrogen-bond acceptors (Lipinski definition) is 2. The van der Waals surface area contributed by atoms with Crippen molar-refractivity contribution < 1.29 is 14.7 Å². The number of amides is 2. The number of carboxylic acid groups (broad SMARTS) is 1. The molecular formula is C15H28N2O3. The van der Waals surface area contributed by atoms with Gasteiger partial charge >= 0.3 is 12.0 Å². The van der Waals surface area contributed by atoms with E-state index in [0.29, 0.717) is 25.4 Å². The Morgan fingerprint density at radius 3 is 2.70 bits per heavy atom. The summed E-state index contributed by atoms with van der Waals surface area (Å²) in [6.07, 6.45) is 6.85. The number of unbranched alkanes of at least 4 members (excludes halogenated alkanes) is 1. The summed E-state index contributed by atoms with van der Waals surface area (Å²) in [6.45, 7) is 5.50. The largest absolute Gasteiger partial charge is 0.480 e. The maximum Gasteiger partial charge on any atom is 0.326 e. The van der Waals surface area contributed by atoms with Gasteiger partial charge in [-0.3, -0.25) is 0 Å². The minimum absolute atomic E-state index is 0.216. The fourth-order valence-corrected chi connectivity index (χ4v) is 2.71. The van der Waals surface area contributed by atoms with E-state index in [9.17, 15) is 14.7 Å². The smallest absolute Gasteiger partial charge is 0.326 e. The summed E-state index contributed by atoms with van der Waals surface area (Å²) in [5.74, 6) is -0.398. The van der Waals surface area contributed by atoms with Crippen molar-refractivity contribution in [2.45, 2.75) is 64.8 Å². The Hall–Kier alpha value is -1.26. The van der Waals surface area contributed by atoms with Gasteiger partial charge in [-0.1, -0.05) is 33.1 Å². The van der Waals surface area contributed by atoms with E-state index in [1.165, 1.54) is 11.3 Å². The lowest BCUT2D eigenvalue weighted by Gasteiger charge is -2.33. The second-order valence-corrected chi connectivity index (χ2v) is 5.65. The molecule has 0 aromatic rings. The lowest BCUT2D eigenvalue weighted by molar-refractivity contribution is -0.143. The monoisotopic (exact) mass is 284 g/mol. The van der Waals surface area contributed by atoms with Crippen LogP contribution < -0.4 is 5.32 Å². The van der Waals surface area contributed by atoms with Crippen LogP contribution in [0, 0.1) is 5.92 Å². The number of nitrogens with one attached hydrogen (secondary N) is 1. The molecule has 0 radical (unpaired) electrons. The van der Waals surface area contributed by atoms with Crippen LogP contribution >= 0.6 is 0 Å². The molecule has 2 atom stereocenters. The van der Waals surface area contributed by atoms with E-state index < -0.39 is 12.0 Å². The molecule has 2 unspecified atom stereocenters. The number of carboxylic acids is 1. The standard InChI is InChI=1S/C15H28N2O3/c1-3-5-8-12(4-2)11-16-15(20)17-10-7-6-9-13(17)14(18)19/h12-13H,3-11H2,1-2H3,(H,16,20)(H,18,19). The number of carbonyl (C=O) groups is 2. The third-order valence-electron chi connectivity index (χ3n) is 4.13. The number of aliphatic carboxylic acids is 1.